The van der Waals surface area contributed by atoms with Crippen molar-refractivity contribution >= 4 is 22.3 Å². The molecule has 3 aromatic carbocycles. The minimum atomic E-state index is -0.172. The van der Waals surface area contributed by atoms with Gasteiger partial charge in [-0.15, -0.1) is 0 Å². The first-order chi connectivity index (χ1) is 10.7. The fraction of sp³-hybridized carbons (Fsp3) is 0. The van der Waals surface area contributed by atoms with Crippen molar-refractivity contribution in [2.24, 2.45) is 0 Å². The summed E-state index contributed by atoms with van der Waals surface area (Å²) >= 11 is 0. The van der Waals surface area contributed by atoms with E-state index in [0.29, 0.717) is 11.1 Å². The fourth-order valence-corrected chi connectivity index (χ4v) is 2.29. The maximum Gasteiger partial charge on any atom is 0.185 e. The summed E-state index contributed by atoms with van der Waals surface area (Å²) in [5, 5.41) is 2.10. The van der Waals surface area contributed by atoms with Crippen molar-refractivity contribution in [1.82, 2.24) is 0 Å². The Morgan fingerprint density at radius 3 is 1.91 bits per heavy atom. The lowest BCUT2D eigenvalue weighted by atomic mass is 10.0. The highest BCUT2D eigenvalue weighted by molar-refractivity contribution is 6.12. The van der Waals surface area contributed by atoms with E-state index in [1.807, 2.05) is 42.5 Å². The first-order valence-corrected chi connectivity index (χ1v) is 7.04. The average molecular weight is 286 g/mol. The van der Waals surface area contributed by atoms with E-state index in [2.05, 4.69) is 0 Å². The Morgan fingerprint density at radius 2 is 1.18 bits per heavy atom. The van der Waals surface area contributed by atoms with Crippen LogP contribution < -0.4 is 0 Å². The quantitative estimate of drug-likeness (QED) is 0.524. The van der Waals surface area contributed by atoms with Crippen LogP contribution in [0.25, 0.3) is 10.8 Å². The molecule has 106 valence electrons. The number of benzene rings is 3. The number of ketones is 2. The van der Waals surface area contributed by atoms with Gasteiger partial charge in [-0.3, -0.25) is 9.59 Å². The zero-order valence-electron chi connectivity index (χ0n) is 11.9. The Bertz CT molecular complexity index is 861. The van der Waals surface area contributed by atoms with Gasteiger partial charge in [-0.05, 0) is 29.0 Å². The second kappa shape index (κ2) is 6.19. The Labute approximate surface area is 128 Å². The van der Waals surface area contributed by atoms with E-state index in [4.69, 9.17) is 0 Å². The van der Waals surface area contributed by atoms with Crippen LogP contribution in [0.4, 0.5) is 0 Å². The van der Waals surface area contributed by atoms with Crippen LogP contribution in [0.5, 0.6) is 0 Å². The smallest absolute Gasteiger partial charge is 0.185 e. The molecule has 0 bridgehead atoms. The van der Waals surface area contributed by atoms with Crippen molar-refractivity contribution in [1.29, 1.82) is 0 Å². The van der Waals surface area contributed by atoms with E-state index in [1.165, 1.54) is 12.2 Å². The molecule has 0 amide bonds. The lowest BCUT2D eigenvalue weighted by molar-refractivity contribution is 0.102. The topological polar surface area (TPSA) is 34.1 Å². The largest absolute Gasteiger partial charge is 0.289 e. The molecule has 0 N–H and O–H groups in total. The number of carbonyl (C=O) groups is 2. The molecule has 3 rings (SSSR count). The molecule has 0 fully saturated rings. The Balaban J connectivity index is 1.81. The van der Waals surface area contributed by atoms with Crippen LogP contribution in [0.3, 0.4) is 0 Å². The number of hydrogen-bond acceptors (Lipinski definition) is 2. The standard InChI is InChI=1S/C20H14O2/c21-19(16-7-2-1-3-8-16)12-13-20(22)18-11-10-15-6-4-5-9-17(15)14-18/h1-14H/b13-12+. The summed E-state index contributed by atoms with van der Waals surface area (Å²) < 4.78 is 0. The fourth-order valence-electron chi connectivity index (χ4n) is 2.29. The summed E-state index contributed by atoms with van der Waals surface area (Å²) in [5.74, 6) is -0.343. The highest BCUT2D eigenvalue weighted by Crippen LogP contribution is 2.16. The second-order valence-corrected chi connectivity index (χ2v) is 4.99. The maximum atomic E-state index is 12.2. The van der Waals surface area contributed by atoms with Crippen LogP contribution >= 0.6 is 0 Å². The minimum absolute atomic E-state index is 0.171. The van der Waals surface area contributed by atoms with Crippen LogP contribution in [-0.4, -0.2) is 11.6 Å². The number of hydrogen-bond donors (Lipinski definition) is 0. The number of allylic oxidation sites excluding steroid dienone is 2. The van der Waals surface area contributed by atoms with Gasteiger partial charge in [0.15, 0.2) is 11.6 Å². The zero-order chi connectivity index (χ0) is 15.4. The molecule has 22 heavy (non-hydrogen) atoms. The summed E-state index contributed by atoms with van der Waals surface area (Å²) in [4.78, 5) is 24.1. The Hall–Kier alpha value is -3.00. The normalized spacial score (nSPS) is 10.9. The van der Waals surface area contributed by atoms with Gasteiger partial charge >= 0.3 is 0 Å². The van der Waals surface area contributed by atoms with E-state index in [9.17, 15) is 9.59 Å². The van der Waals surface area contributed by atoms with Gasteiger partial charge in [0.05, 0.1) is 0 Å². The van der Waals surface area contributed by atoms with Gasteiger partial charge in [0.25, 0.3) is 0 Å². The van der Waals surface area contributed by atoms with Crippen LogP contribution in [0.1, 0.15) is 20.7 Å². The molecule has 0 aliphatic heterocycles. The molecule has 0 aromatic heterocycles. The van der Waals surface area contributed by atoms with Gasteiger partial charge in [0.1, 0.15) is 0 Å². The molecule has 3 aromatic rings. The summed E-state index contributed by atoms with van der Waals surface area (Å²) in [6.07, 6.45) is 2.66. The molecule has 0 spiro atoms. The van der Waals surface area contributed by atoms with Gasteiger partial charge < -0.3 is 0 Å². The second-order valence-electron chi connectivity index (χ2n) is 4.99. The first-order valence-electron chi connectivity index (χ1n) is 7.04. The minimum Gasteiger partial charge on any atom is -0.289 e. The van der Waals surface area contributed by atoms with Gasteiger partial charge in [0, 0.05) is 11.1 Å². The molecule has 0 saturated heterocycles. The molecule has 0 unspecified atom stereocenters. The number of fused-ring (bicyclic) bond motifs is 1. The predicted octanol–water partition coefficient (Wildman–Crippen LogP) is 4.46. The Morgan fingerprint density at radius 1 is 0.591 bits per heavy atom. The summed E-state index contributed by atoms with van der Waals surface area (Å²) in [5.41, 5.74) is 1.15. The lowest BCUT2D eigenvalue weighted by Gasteiger charge is -2.00. The van der Waals surface area contributed by atoms with Gasteiger partial charge in [-0.25, -0.2) is 0 Å². The molecule has 2 nitrogen and oxygen atoms in total. The number of carbonyl (C=O) groups excluding carboxylic acids is 2. The number of rotatable bonds is 4. The average Bonchev–Trinajstić information content (AvgIpc) is 2.59. The Kier molecular flexibility index (Phi) is 3.92. The SMILES string of the molecule is O=C(/C=C/C(=O)c1ccc2ccccc2c1)c1ccccc1. The van der Waals surface area contributed by atoms with Gasteiger partial charge in [-0.1, -0.05) is 66.7 Å². The van der Waals surface area contributed by atoms with Crippen molar-refractivity contribution in [3.8, 4) is 0 Å². The molecule has 0 aliphatic rings. The lowest BCUT2D eigenvalue weighted by Crippen LogP contribution is -1.98. The van der Waals surface area contributed by atoms with E-state index >= 15 is 0 Å². The highest BCUT2D eigenvalue weighted by Gasteiger charge is 2.05. The molecule has 2 heteroatoms. The van der Waals surface area contributed by atoms with E-state index < -0.39 is 0 Å². The predicted molar refractivity (Wildman–Crippen MR) is 88.2 cm³/mol. The maximum absolute atomic E-state index is 12.2. The monoisotopic (exact) mass is 286 g/mol. The summed E-state index contributed by atoms with van der Waals surface area (Å²) in [6.45, 7) is 0. The van der Waals surface area contributed by atoms with Crippen LogP contribution in [0, 0.1) is 0 Å². The van der Waals surface area contributed by atoms with Crippen molar-refractivity contribution < 1.29 is 9.59 Å². The molecule has 0 aliphatic carbocycles. The van der Waals surface area contributed by atoms with Gasteiger partial charge in [0.2, 0.25) is 0 Å². The van der Waals surface area contributed by atoms with Crippen molar-refractivity contribution in [2.45, 2.75) is 0 Å². The summed E-state index contributed by atoms with van der Waals surface area (Å²) in [6, 6.07) is 22.3. The molecule has 0 atom stereocenters. The van der Waals surface area contributed by atoms with E-state index in [0.717, 1.165) is 10.8 Å². The third kappa shape index (κ3) is 3.01. The third-order valence-electron chi connectivity index (χ3n) is 3.48. The zero-order valence-corrected chi connectivity index (χ0v) is 11.9. The molecule has 0 saturated carbocycles. The third-order valence-corrected chi connectivity index (χ3v) is 3.48. The van der Waals surface area contributed by atoms with Gasteiger partial charge in [-0.2, -0.15) is 0 Å². The van der Waals surface area contributed by atoms with Crippen molar-refractivity contribution in [3.63, 3.8) is 0 Å². The highest BCUT2D eigenvalue weighted by atomic mass is 16.1. The van der Waals surface area contributed by atoms with Crippen molar-refractivity contribution in [3.05, 3.63) is 96.1 Å². The van der Waals surface area contributed by atoms with Crippen LogP contribution in [0.15, 0.2) is 84.9 Å². The van der Waals surface area contributed by atoms with E-state index in [-0.39, 0.29) is 11.6 Å². The first kappa shape index (κ1) is 14.0. The molecule has 0 radical (unpaired) electrons. The molecule has 0 heterocycles. The van der Waals surface area contributed by atoms with Crippen molar-refractivity contribution in [2.75, 3.05) is 0 Å². The van der Waals surface area contributed by atoms with E-state index in [1.54, 1.807) is 30.3 Å². The molecular weight excluding hydrogens is 272 g/mol. The molecular formula is C20H14O2. The van der Waals surface area contributed by atoms with Crippen LogP contribution in [-0.2, 0) is 0 Å². The summed E-state index contributed by atoms with van der Waals surface area (Å²) in [7, 11) is 0. The van der Waals surface area contributed by atoms with Crippen LogP contribution in [0.2, 0.25) is 0 Å².